The van der Waals surface area contributed by atoms with Gasteiger partial charge in [0.05, 0.1) is 7.11 Å². The van der Waals surface area contributed by atoms with E-state index in [-0.39, 0.29) is 6.04 Å². The van der Waals surface area contributed by atoms with Crippen LogP contribution in [0.25, 0.3) is 0 Å². The van der Waals surface area contributed by atoms with Crippen LogP contribution in [0.4, 0.5) is 0 Å². The summed E-state index contributed by atoms with van der Waals surface area (Å²) in [5.74, 6) is 0.951. The Kier molecular flexibility index (Phi) is 6.03. The van der Waals surface area contributed by atoms with Gasteiger partial charge in [-0.1, -0.05) is 6.07 Å². The molecule has 1 aromatic rings. The topological polar surface area (TPSA) is 41.7 Å². The average Bonchev–Trinajstić information content (AvgIpc) is 2.98. The van der Waals surface area contributed by atoms with E-state index in [1.54, 1.807) is 7.11 Å². The van der Waals surface area contributed by atoms with E-state index < -0.39 is 0 Å². The molecule has 0 saturated carbocycles. The molecule has 1 aliphatic rings. The summed E-state index contributed by atoms with van der Waals surface area (Å²) in [6, 6.07) is 6.32. The predicted molar refractivity (Wildman–Crippen MR) is 87.6 cm³/mol. The molecule has 0 aliphatic carbocycles. The number of hydrogen-bond acceptors (Lipinski definition) is 4. The van der Waals surface area contributed by atoms with Crippen LogP contribution in [-0.4, -0.2) is 50.1 Å². The number of rotatable bonds is 7. The molecule has 0 radical (unpaired) electrons. The first-order valence-electron chi connectivity index (χ1n) is 7.93. The summed E-state index contributed by atoms with van der Waals surface area (Å²) in [5, 5.41) is 0. The normalized spacial score (nSPS) is 17.4. The van der Waals surface area contributed by atoms with Gasteiger partial charge >= 0.3 is 0 Å². The lowest BCUT2D eigenvalue weighted by Crippen LogP contribution is -2.31. The maximum absolute atomic E-state index is 5.99. The molecule has 0 bridgehead atoms. The highest BCUT2D eigenvalue weighted by Crippen LogP contribution is 2.23. The molecular formula is C17H29N3O. The van der Waals surface area contributed by atoms with Gasteiger partial charge in [0.1, 0.15) is 5.75 Å². The lowest BCUT2D eigenvalue weighted by Gasteiger charge is -2.22. The van der Waals surface area contributed by atoms with Crippen molar-refractivity contribution in [3.63, 3.8) is 0 Å². The van der Waals surface area contributed by atoms with Crippen LogP contribution >= 0.6 is 0 Å². The molecule has 0 amide bonds. The maximum atomic E-state index is 5.99. The Balaban J connectivity index is 1.94. The monoisotopic (exact) mass is 291 g/mol. The third-order valence-corrected chi connectivity index (χ3v) is 4.27. The summed E-state index contributed by atoms with van der Waals surface area (Å²) in [5.41, 5.74) is 8.37. The van der Waals surface area contributed by atoms with Gasteiger partial charge in [0.15, 0.2) is 0 Å². The molecule has 1 heterocycles. The van der Waals surface area contributed by atoms with E-state index in [1.807, 2.05) is 13.0 Å². The second-order valence-corrected chi connectivity index (χ2v) is 6.15. The summed E-state index contributed by atoms with van der Waals surface area (Å²) in [6.45, 7) is 7.69. The van der Waals surface area contributed by atoms with Gasteiger partial charge in [0, 0.05) is 31.2 Å². The number of methoxy groups -OCH3 is 1. The van der Waals surface area contributed by atoms with E-state index in [0.29, 0.717) is 0 Å². The van der Waals surface area contributed by atoms with Crippen LogP contribution in [0.15, 0.2) is 18.2 Å². The highest BCUT2D eigenvalue weighted by Gasteiger charge is 2.13. The van der Waals surface area contributed by atoms with Gasteiger partial charge in [-0.2, -0.15) is 0 Å². The van der Waals surface area contributed by atoms with E-state index in [9.17, 15) is 0 Å². The second kappa shape index (κ2) is 7.78. The lowest BCUT2D eigenvalue weighted by atomic mass is 10.0. The minimum Gasteiger partial charge on any atom is -0.496 e. The highest BCUT2D eigenvalue weighted by atomic mass is 16.5. The Morgan fingerprint density at radius 1 is 1.33 bits per heavy atom. The summed E-state index contributed by atoms with van der Waals surface area (Å²) in [7, 11) is 3.91. The number of likely N-dealkylation sites (N-methyl/N-ethyl adjacent to an activating group) is 1. The molecule has 4 nitrogen and oxygen atoms in total. The lowest BCUT2D eigenvalue weighted by molar-refractivity contribution is 0.250. The summed E-state index contributed by atoms with van der Waals surface area (Å²) in [6.07, 6.45) is 2.71. The smallest absolute Gasteiger partial charge is 0.123 e. The van der Waals surface area contributed by atoms with Gasteiger partial charge in [-0.05, 0) is 57.6 Å². The summed E-state index contributed by atoms with van der Waals surface area (Å²) < 4.78 is 5.48. The van der Waals surface area contributed by atoms with Crippen LogP contribution in [0.2, 0.25) is 0 Å². The van der Waals surface area contributed by atoms with Gasteiger partial charge in [-0.25, -0.2) is 0 Å². The number of nitrogens with zero attached hydrogens (tertiary/aromatic N) is 2. The minimum atomic E-state index is 0.0598. The molecule has 1 aromatic carbocycles. The van der Waals surface area contributed by atoms with Crippen molar-refractivity contribution in [2.75, 3.05) is 40.3 Å². The average molecular weight is 291 g/mol. The molecule has 2 N–H and O–H groups in total. The second-order valence-electron chi connectivity index (χ2n) is 6.15. The molecule has 0 spiro atoms. The summed E-state index contributed by atoms with van der Waals surface area (Å²) in [4.78, 5) is 4.91. The zero-order valence-electron chi connectivity index (χ0n) is 13.6. The van der Waals surface area contributed by atoms with Crippen LogP contribution in [0, 0.1) is 0 Å². The Morgan fingerprint density at radius 3 is 2.67 bits per heavy atom. The Labute approximate surface area is 128 Å². The van der Waals surface area contributed by atoms with Gasteiger partial charge < -0.3 is 20.3 Å². The Morgan fingerprint density at radius 2 is 2.05 bits per heavy atom. The van der Waals surface area contributed by atoms with Crippen molar-refractivity contribution in [2.24, 2.45) is 5.73 Å². The largest absolute Gasteiger partial charge is 0.496 e. The number of nitrogens with two attached hydrogens (primary N) is 1. The van der Waals surface area contributed by atoms with Crippen LogP contribution in [0.3, 0.4) is 0 Å². The highest BCUT2D eigenvalue weighted by molar-refractivity contribution is 5.38. The zero-order chi connectivity index (χ0) is 15.2. The standard InChI is InChI=1S/C17H29N3O/c1-14(18)15-6-7-17(21-3)16(12-15)13-19(2)10-11-20-8-4-5-9-20/h6-7,12,14H,4-5,8-11,13,18H2,1-3H3. The van der Waals surface area contributed by atoms with E-state index in [0.717, 1.165) is 25.4 Å². The van der Waals surface area contributed by atoms with Crippen LogP contribution < -0.4 is 10.5 Å². The molecule has 4 heteroatoms. The van der Waals surface area contributed by atoms with Crippen LogP contribution in [-0.2, 0) is 6.54 Å². The number of benzene rings is 1. The fourth-order valence-electron chi connectivity index (χ4n) is 2.89. The number of likely N-dealkylation sites (tertiary alicyclic amines) is 1. The first-order valence-corrected chi connectivity index (χ1v) is 7.93. The van der Waals surface area contributed by atoms with Crippen molar-refractivity contribution in [3.8, 4) is 5.75 Å². The van der Waals surface area contributed by atoms with Crippen molar-refractivity contribution >= 4 is 0 Å². The SMILES string of the molecule is COc1ccc(C(C)N)cc1CN(C)CCN1CCCC1. The third-order valence-electron chi connectivity index (χ3n) is 4.27. The molecule has 0 aromatic heterocycles. The molecule has 118 valence electrons. The minimum absolute atomic E-state index is 0.0598. The zero-order valence-corrected chi connectivity index (χ0v) is 13.6. The van der Waals surface area contributed by atoms with Gasteiger partial charge in [-0.15, -0.1) is 0 Å². The molecule has 21 heavy (non-hydrogen) atoms. The Hall–Kier alpha value is -1.10. The first kappa shape index (κ1) is 16.3. The van der Waals surface area contributed by atoms with Crippen molar-refractivity contribution in [1.82, 2.24) is 9.80 Å². The molecule has 2 rings (SSSR count). The van der Waals surface area contributed by atoms with E-state index in [1.165, 1.54) is 37.1 Å². The number of hydrogen-bond donors (Lipinski definition) is 1. The summed E-state index contributed by atoms with van der Waals surface area (Å²) >= 11 is 0. The fourth-order valence-corrected chi connectivity index (χ4v) is 2.89. The molecular weight excluding hydrogens is 262 g/mol. The van der Waals surface area contributed by atoms with Gasteiger partial charge in [-0.3, -0.25) is 0 Å². The fraction of sp³-hybridized carbons (Fsp3) is 0.647. The predicted octanol–water partition coefficient (Wildman–Crippen LogP) is 2.24. The van der Waals surface area contributed by atoms with Crippen molar-refractivity contribution in [3.05, 3.63) is 29.3 Å². The van der Waals surface area contributed by atoms with Crippen LogP contribution in [0.5, 0.6) is 5.75 Å². The third kappa shape index (κ3) is 4.70. The quantitative estimate of drug-likeness (QED) is 0.836. The van der Waals surface area contributed by atoms with Crippen molar-refractivity contribution in [2.45, 2.75) is 32.4 Å². The first-order chi connectivity index (χ1) is 10.1. The maximum Gasteiger partial charge on any atom is 0.123 e. The van der Waals surface area contributed by atoms with Crippen LogP contribution in [0.1, 0.15) is 36.9 Å². The molecule has 1 unspecified atom stereocenters. The molecule has 1 saturated heterocycles. The molecule has 1 atom stereocenters. The van der Waals surface area contributed by atoms with E-state index in [2.05, 4.69) is 29.0 Å². The van der Waals surface area contributed by atoms with Gasteiger partial charge in [0.2, 0.25) is 0 Å². The van der Waals surface area contributed by atoms with Crippen molar-refractivity contribution < 1.29 is 4.74 Å². The Bertz CT molecular complexity index is 442. The number of ether oxygens (including phenoxy) is 1. The van der Waals surface area contributed by atoms with Gasteiger partial charge in [0.25, 0.3) is 0 Å². The van der Waals surface area contributed by atoms with E-state index >= 15 is 0 Å². The van der Waals surface area contributed by atoms with E-state index in [4.69, 9.17) is 10.5 Å². The molecule has 1 aliphatic heterocycles. The molecule has 1 fully saturated rings. The van der Waals surface area contributed by atoms with Crippen molar-refractivity contribution in [1.29, 1.82) is 0 Å².